The molecule has 0 amide bonds. The number of nitrogens with zero attached hydrogens (tertiary/aromatic N) is 1. The Labute approximate surface area is 76.2 Å². The van der Waals surface area contributed by atoms with E-state index in [9.17, 15) is 0 Å². The minimum atomic E-state index is 1.03. The summed E-state index contributed by atoms with van der Waals surface area (Å²) in [5, 5.41) is 0. The third kappa shape index (κ3) is 1.18. The molecule has 1 nitrogen and oxygen atoms in total. The SMILES string of the molecule is C=C1Sc2ccccc2N=C1C. The minimum Gasteiger partial charge on any atom is -0.251 e. The highest BCUT2D eigenvalue weighted by Crippen LogP contribution is 2.38. The van der Waals surface area contributed by atoms with Crippen LogP contribution in [0.25, 0.3) is 0 Å². The van der Waals surface area contributed by atoms with Gasteiger partial charge in [0, 0.05) is 9.80 Å². The van der Waals surface area contributed by atoms with Gasteiger partial charge in [0.05, 0.1) is 11.4 Å². The summed E-state index contributed by atoms with van der Waals surface area (Å²) < 4.78 is 0. The van der Waals surface area contributed by atoms with Crippen molar-refractivity contribution < 1.29 is 0 Å². The molecule has 0 atom stereocenters. The van der Waals surface area contributed by atoms with Crippen LogP contribution >= 0.6 is 11.8 Å². The Hall–Kier alpha value is -1.02. The molecular formula is C10H9NS. The molecule has 0 aliphatic carbocycles. The predicted molar refractivity (Wildman–Crippen MR) is 54.2 cm³/mol. The van der Waals surface area contributed by atoms with Gasteiger partial charge in [-0.25, -0.2) is 0 Å². The van der Waals surface area contributed by atoms with Gasteiger partial charge in [-0.15, -0.1) is 0 Å². The number of para-hydroxylation sites is 1. The summed E-state index contributed by atoms with van der Waals surface area (Å²) >= 11 is 1.69. The van der Waals surface area contributed by atoms with E-state index in [0.29, 0.717) is 0 Å². The van der Waals surface area contributed by atoms with Crippen LogP contribution in [-0.4, -0.2) is 5.71 Å². The molecule has 0 bridgehead atoms. The summed E-state index contributed by atoms with van der Waals surface area (Å²) in [5.74, 6) is 0. The lowest BCUT2D eigenvalue weighted by molar-refractivity contribution is 1.35. The summed E-state index contributed by atoms with van der Waals surface area (Å²) in [6.07, 6.45) is 0. The van der Waals surface area contributed by atoms with Crippen LogP contribution < -0.4 is 0 Å². The fourth-order valence-corrected chi connectivity index (χ4v) is 1.91. The molecule has 1 aromatic carbocycles. The van der Waals surface area contributed by atoms with Crippen LogP contribution in [0.3, 0.4) is 0 Å². The Morgan fingerprint density at radius 3 is 2.92 bits per heavy atom. The number of hydrogen-bond donors (Lipinski definition) is 0. The number of benzene rings is 1. The molecule has 0 aromatic heterocycles. The number of hydrogen-bond acceptors (Lipinski definition) is 2. The van der Waals surface area contributed by atoms with Gasteiger partial charge in [0.25, 0.3) is 0 Å². The van der Waals surface area contributed by atoms with E-state index in [2.05, 4.69) is 17.6 Å². The second-order valence-electron chi connectivity index (χ2n) is 2.69. The Morgan fingerprint density at radius 1 is 1.33 bits per heavy atom. The van der Waals surface area contributed by atoms with Gasteiger partial charge in [-0.2, -0.15) is 0 Å². The van der Waals surface area contributed by atoms with Crippen molar-refractivity contribution >= 4 is 23.2 Å². The Bertz CT molecular complexity index is 366. The molecule has 1 aromatic rings. The van der Waals surface area contributed by atoms with Gasteiger partial charge in [0.2, 0.25) is 0 Å². The van der Waals surface area contributed by atoms with Crippen LogP contribution in [0.1, 0.15) is 6.92 Å². The molecule has 0 N–H and O–H groups in total. The van der Waals surface area contributed by atoms with Crippen molar-refractivity contribution in [2.45, 2.75) is 11.8 Å². The highest BCUT2D eigenvalue weighted by atomic mass is 32.2. The summed E-state index contributed by atoms with van der Waals surface area (Å²) in [6, 6.07) is 8.12. The molecule has 0 spiro atoms. The molecule has 12 heavy (non-hydrogen) atoms. The first-order valence-corrected chi connectivity index (χ1v) is 4.60. The molecule has 0 radical (unpaired) electrons. The normalized spacial score (nSPS) is 15.4. The number of rotatable bonds is 0. The minimum absolute atomic E-state index is 1.03. The zero-order valence-electron chi connectivity index (χ0n) is 6.87. The average Bonchev–Trinajstić information content (AvgIpc) is 2.07. The van der Waals surface area contributed by atoms with E-state index in [1.54, 1.807) is 11.8 Å². The smallest absolute Gasteiger partial charge is 0.0772 e. The third-order valence-electron chi connectivity index (χ3n) is 1.79. The molecule has 1 heterocycles. The lowest BCUT2D eigenvalue weighted by Gasteiger charge is -2.13. The summed E-state index contributed by atoms with van der Waals surface area (Å²) in [7, 11) is 0. The maximum atomic E-state index is 4.42. The molecular weight excluding hydrogens is 166 g/mol. The zero-order chi connectivity index (χ0) is 8.55. The maximum absolute atomic E-state index is 4.42. The van der Waals surface area contributed by atoms with Crippen LogP contribution in [0.15, 0.2) is 45.6 Å². The standard InChI is InChI=1S/C10H9NS/c1-7-8(2)12-10-6-4-3-5-9(10)11-7/h3-6H,2H2,1H3. The van der Waals surface area contributed by atoms with Crippen LogP contribution in [0.2, 0.25) is 0 Å². The Kier molecular flexibility index (Phi) is 1.77. The molecule has 2 rings (SSSR count). The largest absolute Gasteiger partial charge is 0.251 e. The highest BCUT2D eigenvalue weighted by Gasteiger charge is 2.11. The zero-order valence-corrected chi connectivity index (χ0v) is 7.69. The fourth-order valence-electron chi connectivity index (χ4n) is 1.09. The second-order valence-corrected chi connectivity index (χ2v) is 3.83. The molecule has 0 fully saturated rings. The van der Waals surface area contributed by atoms with Gasteiger partial charge in [-0.1, -0.05) is 30.5 Å². The molecule has 0 unspecified atom stereocenters. The van der Waals surface area contributed by atoms with Crippen molar-refractivity contribution in [1.82, 2.24) is 0 Å². The summed E-state index contributed by atoms with van der Waals surface area (Å²) in [5.41, 5.74) is 2.09. The lowest BCUT2D eigenvalue weighted by Crippen LogP contribution is -1.96. The van der Waals surface area contributed by atoms with Crippen LogP contribution in [0, 0.1) is 0 Å². The number of allylic oxidation sites excluding steroid dienone is 1. The number of thioether (sulfide) groups is 1. The van der Waals surface area contributed by atoms with Crippen molar-refractivity contribution in [2.24, 2.45) is 4.99 Å². The first-order chi connectivity index (χ1) is 5.77. The molecule has 0 saturated heterocycles. The van der Waals surface area contributed by atoms with E-state index in [1.807, 2.05) is 25.1 Å². The highest BCUT2D eigenvalue weighted by molar-refractivity contribution is 8.04. The van der Waals surface area contributed by atoms with E-state index in [1.165, 1.54) is 4.90 Å². The first kappa shape index (κ1) is 7.62. The van der Waals surface area contributed by atoms with Crippen LogP contribution in [-0.2, 0) is 0 Å². The van der Waals surface area contributed by atoms with Crippen molar-refractivity contribution in [3.05, 3.63) is 35.7 Å². The lowest BCUT2D eigenvalue weighted by atomic mass is 10.3. The quantitative estimate of drug-likeness (QED) is 0.588. The maximum Gasteiger partial charge on any atom is 0.0772 e. The van der Waals surface area contributed by atoms with E-state index in [0.717, 1.165) is 16.3 Å². The molecule has 0 saturated carbocycles. The average molecular weight is 175 g/mol. The van der Waals surface area contributed by atoms with Gasteiger partial charge in [-0.05, 0) is 19.1 Å². The van der Waals surface area contributed by atoms with Crippen LogP contribution in [0.5, 0.6) is 0 Å². The fraction of sp³-hybridized carbons (Fsp3) is 0.100. The number of aliphatic imine (C=N–C) groups is 1. The van der Waals surface area contributed by atoms with E-state index in [-0.39, 0.29) is 0 Å². The van der Waals surface area contributed by atoms with E-state index >= 15 is 0 Å². The van der Waals surface area contributed by atoms with Crippen molar-refractivity contribution in [1.29, 1.82) is 0 Å². The van der Waals surface area contributed by atoms with Crippen molar-refractivity contribution in [3.63, 3.8) is 0 Å². The van der Waals surface area contributed by atoms with Gasteiger partial charge in [0.1, 0.15) is 0 Å². The van der Waals surface area contributed by atoms with Crippen molar-refractivity contribution in [3.8, 4) is 0 Å². The van der Waals surface area contributed by atoms with E-state index in [4.69, 9.17) is 0 Å². The molecule has 2 heteroatoms. The predicted octanol–water partition coefficient (Wildman–Crippen LogP) is 3.40. The number of fused-ring (bicyclic) bond motifs is 1. The van der Waals surface area contributed by atoms with Gasteiger partial charge in [-0.3, -0.25) is 4.99 Å². The molecule has 60 valence electrons. The summed E-state index contributed by atoms with van der Waals surface area (Å²) in [6.45, 7) is 5.92. The monoisotopic (exact) mass is 175 g/mol. The summed E-state index contributed by atoms with van der Waals surface area (Å²) in [4.78, 5) is 6.67. The topological polar surface area (TPSA) is 12.4 Å². The van der Waals surface area contributed by atoms with Crippen LogP contribution in [0.4, 0.5) is 5.69 Å². The van der Waals surface area contributed by atoms with Gasteiger partial charge < -0.3 is 0 Å². The molecule has 1 aliphatic rings. The third-order valence-corrected chi connectivity index (χ3v) is 2.90. The van der Waals surface area contributed by atoms with E-state index < -0.39 is 0 Å². The second kappa shape index (κ2) is 2.79. The van der Waals surface area contributed by atoms with Crippen molar-refractivity contribution in [2.75, 3.05) is 0 Å². The first-order valence-electron chi connectivity index (χ1n) is 3.79. The Balaban J connectivity index is 2.56. The van der Waals surface area contributed by atoms with Gasteiger partial charge >= 0.3 is 0 Å². The molecule has 1 aliphatic heterocycles. The Morgan fingerprint density at radius 2 is 2.08 bits per heavy atom. The van der Waals surface area contributed by atoms with Gasteiger partial charge in [0.15, 0.2) is 0 Å².